The van der Waals surface area contributed by atoms with Gasteiger partial charge in [-0.25, -0.2) is 8.78 Å². The molecule has 0 aromatic heterocycles. The monoisotopic (exact) mass is 224 g/mol. The third kappa shape index (κ3) is 24.7. The van der Waals surface area contributed by atoms with Gasteiger partial charge in [-0.3, -0.25) is 0 Å². The summed E-state index contributed by atoms with van der Waals surface area (Å²) in [4.78, 5) is 10.0. The number of carbonyl (C=O) groups is 1. The third-order valence-electron chi connectivity index (χ3n) is 1.64. The molecule has 0 unspecified atom stereocenters. The van der Waals surface area contributed by atoms with Crippen LogP contribution in [0, 0.1) is 0 Å². The van der Waals surface area contributed by atoms with Crippen molar-refractivity contribution in [3.8, 4) is 0 Å². The van der Waals surface area contributed by atoms with Crippen molar-refractivity contribution >= 4 is 5.78 Å². The zero-order valence-electron chi connectivity index (χ0n) is 11.0. The highest BCUT2D eigenvalue weighted by Crippen LogP contribution is 2.20. The Morgan fingerprint density at radius 1 is 1.07 bits per heavy atom. The Morgan fingerprint density at radius 2 is 1.40 bits per heavy atom. The molecule has 0 bridgehead atoms. The molecule has 94 valence electrons. The minimum atomic E-state index is -2.42. The van der Waals surface area contributed by atoms with Crippen molar-refractivity contribution in [3.63, 3.8) is 0 Å². The Morgan fingerprint density at radius 3 is 1.40 bits per heavy atom. The van der Waals surface area contributed by atoms with Crippen molar-refractivity contribution in [2.45, 2.75) is 73.1 Å². The van der Waals surface area contributed by atoms with E-state index in [9.17, 15) is 13.6 Å². The van der Waals surface area contributed by atoms with Gasteiger partial charge in [0.05, 0.1) is 0 Å². The lowest BCUT2D eigenvalue weighted by molar-refractivity contribution is -0.117. The summed E-state index contributed by atoms with van der Waals surface area (Å²) in [5.41, 5.74) is 0. The second-order valence-corrected chi connectivity index (χ2v) is 3.02. The lowest BCUT2D eigenvalue weighted by atomic mass is 10.2. The van der Waals surface area contributed by atoms with Gasteiger partial charge in [0.25, 0.3) is 0 Å². The molecule has 0 saturated carbocycles. The minimum absolute atomic E-state index is 0.0382. The summed E-state index contributed by atoms with van der Waals surface area (Å²) in [7, 11) is 0. The molecule has 15 heavy (non-hydrogen) atoms. The Kier molecular flexibility index (Phi) is 18.0. The molecule has 0 spiro atoms. The van der Waals surface area contributed by atoms with Gasteiger partial charge in [0, 0.05) is 19.3 Å². The van der Waals surface area contributed by atoms with E-state index in [1.807, 2.05) is 20.8 Å². The molecule has 0 fully saturated rings. The fraction of sp³-hybridized carbons (Fsp3) is 0.917. The molecule has 0 aromatic carbocycles. The fourth-order valence-electron chi connectivity index (χ4n) is 0.602. The van der Waals surface area contributed by atoms with Crippen LogP contribution in [0.3, 0.4) is 0 Å². The summed E-state index contributed by atoms with van der Waals surface area (Å²) in [6.45, 7) is 10.6. The number of carbonyl (C=O) groups excluding carboxylic acids is 1. The molecule has 0 atom stereocenters. The van der Waals surface area contributed by atoms with Crippen LogP contribution >= 0.6 is 0 Å². The van der Waals surface area contributed by atoms with Crippen LogP contribution in [0.4, 0.5) is 8.78 Å². The van der Waals surface area contributed by atoms with Gasteiger partial charge >= 0.3 is 0 Å². The zero-order chi connectivity index (χ0) is 12.9. The largest absolute Gasteiger partial charge is 0.300 e. The average molecular weight is 224 g/mol. The molecule has 0 rings (SSSR count). The zero-order valence-corrected chi connectivity index (χ0v) is 11.0. The van der Waals surface area contributed by atoms with Crippen LogP contribution in [0.15, 0.2) is 0 Å². The number of alkyl halides is 2. The summed E-state index contributed by atoms with van der Waals surface area (Å²) < 4.78 is 23.8. The minimum Gasteiger partial charge on any atom is -0.300 e. The number of halogens is 2. The van der Waals surface area contributed by atoms with Gasteiger partial charge < -0.3 is 4.79 Å². The van der Waals surface area contributed by atoms with Crippen LogP contribution in [-0.2, 0) is 4.79 Å². The van der Waals surface area contributed by atoms with E-state index in [4.69, 9.17) is 0 Å². The van der Waals surface area contributed by atoms with E-state index in [-0.39, 0.29) is 18.6 Å². The second kappa shape index (κ2) is 13.5. The lowest BCUT2D eigenvalue weighted by Crippen LogP contribution is -2.10. The maximum Gasteiger partial charge on any atom is 0.247 e. The molecule has 0 aliphatic rings. The third-order valence-corrected chi connectivity index (χ3v) is 1.64. The van der Waals surface area contributed by atoms with Crippen LogP contribution in [0.5, 0.6) is 0 Å². The second-order valence-electron chi connectivity index (χ2n) is 3.02. The Hall–Kier alpha value is -0.470. The van der Waals surface area contributed by atoms with E-state index in [1.165, 1.54) is 13.8 Å². The smallest absolute Gasteiger partial charge is 0.247 e. The van der Waals surface area contributed by atoms with Gasteiger partial charge in [-0.15, -0.1) is 0 Å². The standard InChI is InChI=1S/C5H10F2.C5H10O.C2H6/c1-3-5(6,7)4-2;1-3-4-5(2)6;1-2/h3-4H2,1-2H3;3-4H2,1-2H3;1-2H3. The first-order valence-corrected chi connectivity index (χ1v) is 5.76. The van der Waals surface area contributed by atoms with E-state index in [1.54, 1.807) is 6.92 Å². The first kappa shape index (κ1) is 20.0. The molecular formula is C12H26F2O. The van der Waals surface area contributed by atoms with Crippen LogP contribution in [0.1, 0.15) is 67.2 Å². The SMILES string of the molecule is CC.CCC(F)(F)CC.CCCC(C)=O. The van der Waals surface area contributed by atoms with Crippen LogP contribution in [0.2, 0.25) is 0 Å². The van der Waals surface area contributed by atoms with E-state index >= 15 is 0 Å². The number of hydrogen-bond acceptors (Lipinski definition) is 1. The predicted molar refractivity (Wildman–Crippen MR) is 62.5 cm³/mol. The van der Waals surface area contributed by atoms with Crippen LogP contribution in [0.25, 0.3) is 0 Å². The fourth-order valence-corrected chi connectivity index (χ4v) is 0.602. The van der Waals surface area contributed by atoms with Gasteiger partial charge in [-0.2, -0.15) is 0 Å². The first-order valence-electron chi connectivity index (χ1n) is 5.76. The van der Waals surface area contributed by atoms with Crippen molar-refractivity contribution in [2.24, 2.45) is 0 Å². The summed E-state index contributed by atoms with van der Waals surface area (Å²) in [6.07, 6.45) is 1.64. The lowest BCUT2D eigenvalue weighted by Gasteiger charge is -2.08. The van der Waals surface area contributed by atoms with E-state index < -0.39 is 5.92 Å². The molecule has 0 radical (unpaired) electrons. The summed E-state index contributed by atoms with van der Waals surface area (Å²) in [5.74, 6) is -2.13. The summed E-state index contributed by atoms with van der Waals surface area (Å²) >= 11 is 0. The first-order chi connectivity index (χ1) is 6.89. The van der Waals surface area contributed by atoms with Gasteiger partial charge in [0.2, 0.25) is 5.92 Å². The quantitative estimate of drug-likeness (QED) is 0.667. The van der Waals surface area contributed by atoms with Gasteiger partial charge in [0.15, 0.2) is 0 Å². The Balaban J connectivity index is -0.000000166. The van der Waals surface area contributed by atoms with Gasteiger partial charge in [-0.1, -0.05) is 34.6 Å². The summed E-state index contributed by atoms with van der Waals surface area (Å²) in [6, 6.07) is 0. The van der Waals surface area contributed by atoms with Crippen LogP contribution < -0.4 is 0 Å². The summed E-state index contributed by atoms with van der Waals surface area (Å²) in [5, 5.41) is 0. The van der Waals surface area contributed by atoms with Crippen molar-refractivity contribution in [3.05, 3.63) is 0 Å². The highest BCUT2D eigenvalue weighted by molar-refractivity contribution is 5.75. The molecule has 1 nitrogen and oxygen atoms in total. The molecular weight excluding hydrogens is 198 g/mol. The van der Waals surface area contributed by atoms with Crippen molar-refractivity contribution < 1.29 is 13.6 Å². The van der Waals surface area contributed by atoms with E-state index in [2.05, 4.69) is 0 Å². The highest BCUT2D eigenvalue weighted by atomic mass is 19.3. The molecule has 0 aliphatic heterocycles. The van der Waals surface area contributed by atoms with Crippen LogP contribution in [-0.4, -0.2) is 11.7 Å². The van der Waals surface area contributed by atoms with Crippen molar-refractivity contribution in [1.29, 1.82) is 0 Å². The van der Waals surface area contributed by atoms with Gasteiger partial charge in [-0.05, 0) is 13.3 Å². The number of hydrogen-bond donors (Lipinski definition) is 0. The Bertz CT molecular complexity index is 128. The van der Waals surface area contributed by atoms with E-state index in [0.717, 1.165) is 12.8 Å². The predicted octanol–water partition coefficient (Wildman–Crippen LogP) is 4.84. The van der Waals surface area contributed by atoms with E-state index in [0.29, 0.717) is 0 Å². The molecule has 0 aromatic rings. The normalized spacial score (nSPS) is 9.33. The number of Topliss-reactive ketones (excluding diaryl/α,β-unsaturated/α-hetero) is 1. The highest BCUT2D eigenvalue weighted by Gasteiger charge is 2.21. The van der Waals surface area contributed by atoms with Crippen molar-refractivity contribution in [1.82, 2.24) is 0 Å². The maximum atomic E-state index is 11.9. The molecule has 0 N–H and O–H groups in total. The molecule has 0 heterocycles. The molecule has 0 amide bonds. The Labute approximate surface area is 93.3 Å². The van der Waals surface area contributed by atoms with Crippen molar-refractivity contribution in [2.75, 3.05) is 0 Å². The van der Waals surface area contributed by atoms with Gasteiger partial charge in [0.1, 0.15) is 5.78 Å². The number of ketones is 1. The molecule has 3 heteroatoms. The average Bonchev–Trinajstić information content (AvgIpc) is 2.22. The maximum absolute atomic E-state index is 11.9. The topological polar surface area (TPSA) is 17.1 Å². The molecule has 0 saturated heterocycles. The molecule has 0 aliphatic carbocycles. The number of rotatable bonds is 4.